The minimum Gasteiger partial charge on any atom is -0.381 e. The Labute approximate surface area is 155 Å². The number of alkyl halides is 3. The number of halogens is 3. The Morgan fingerprint density at radius 1 is 1.19 bits per heavy atom. The third kappa shape index (κ3) is 3.52. The van der Waals surface area contributed by atoms with E-state index in [0.717, 1.165) is 63.2 Å². The van der Waals surface area contributed by atoms with E-state index in [9.17, 15) is 13.2 Å². The van der Waals surface area contributed by atoms with Crippen LogP contribution in [0.25, 0.3) is 6.08 Å². The average molecular weight is 385 g/mol. The molecule has 3 fully saturated rings. The summed E-state index contributed by atoms with van der Waals surface area (Å²) in [5.41, 5.74) is -0.218. The maximum atomic E-state index is 12.8. The molecular weight excluding hydrogens is 363 g/mol. The van der Waals surface area contributed by atoms with Crippen LogP contribution in [0.1, 0.15) is 24.2 Å². The van der Waals surface area contributed by atoms with Crippen molar-refractivity contribution in [2.45, 2.75) is 30.0 Å². The van der Waals surface area contributed by atoms with Crippen LogP contribution in [0.5, 0.6) is 0 Å². The molecule has 3 aliphatic heterocycles. The number of rotatable bonds is 4. The molecule has 4 heterocycles. The van der Waals surface area contributed by atoms with Gasteiger partial charge >= 0.3 is 6.18 Å². The van der Waals surface area contributed by atoms with Gasteiger partial charge in [0.1, 0.15) is 5.69 Å². The molecule has 0 unspecified atom stereocenters. The van der Waals surface area contributed by atoms with Crippen molar-refractivity contribution in [2.75, 3.05) is 39.4 Å². The maximum Gasteiger partial charge on any atom is 0.433 e. The van der Waals surface area contributed by atoms with Crippen LogP contribution in [0.15, 0.2) is 23.6 Å². The van der Waals surface area contributed by atoms with Crippen molar-refractivity contribution in [3.05, 3.63) is 30.1 Å². The molecule has 3 saturated heterocycles. The molecular formula is C18H22F3N3OS. The first-order chi connectivity index (χ1) is 12.4. The minimum atomic E-state index is -4.43. The molecule has 4 nitrogen and oxygen atoms in total. The van der Waals surface area contributed by atoms with E-state index >= 15 is 0 Å². The van der Waals surface area contributed by atoms with E-state index in [1.807, 2.05) is 0 Å². The van der Waals surface area contributed by atoms with Crippen molar-refractivity contribution >= 4 is 18.0 Å². The highest BCUT2D eigenvalue weighted by molar-refractivity contribution is 7.97. The zero-order chi connectivity index (χ0) is 18.4. The number of hydrogen-bond donors (Lipinski definition) is 0. The van der Waals surface area contributed by atoms with Gasteiger partial charge in [-0.25, -0.2) is 9.29 Å². The van der Waals surface area contributed by atoms with E-state index in [1.165, 1.54) is 24.1 Å². The quantitative estimate of drug-likeness (QED) is 0.740. The van der Waals surface area contributed by atoms with Crippen LogP contribution in [-0.2, 0) is 10.9 Å². The summed E-state index contributed by atoms with van der Waals surface area (Å²) in [4.78, 5) is 6.99. The third-order valence-electron chi connectivity index (χ3n) is 5.40. The van der Waals surface area contributed by atoms with Crippen molar-refractivity contribution < 1.29 is 17.9 Å². The Hall–Kier alpha value is -1.09. The van der Waals surface area contributed by atoms with Crippen molar-refractivity contribution in [3.63, 3.8) is 0 Å². The van der Waals surface area contributed by atoms with E-state index in [1.54, 1.807) is 0 Å². The van der Waals surface area contributed by atoms with Gasteiger partial charge in [-0.15, -0.1) is 0 Å². The monoisotopic (exact) mass is 385 g/mol. The van der Waals surface area contributed by atoms with Crippen LogP contribution in [0, 0.1) is 5.41 Å². The Bertz CT molecular complexity index is 677. The van der Waals surface area contributed by atoms with Gasteiger partial charge in [-0.2, -0.15) is 13.2 Å². The number of aromatic nitrogens is 1. The molecule has 3 aliphatic rings. The van der Waals surface area contributed by atoms with Crippen LogP contribution in [-0.4, -0.2) is 59.6 Å². The van der Waals surface area contributed by atoms with Gasteiger partial charge in [-0.1, -0.05) is 6.58 Å². The van der Waals surface area contributed by atoms with Crippen LogP contribution in [0.4, 0.5) is 13.2 Å². The first-order valence-corrected chi connectivity index (χ1v) is 9.61. The normalized spacial score (nSPS) is 24.3. The van der Waals surface area contributed by atoms with Gasteiger partial charge in [-0.05, 0) is 43.0 Å². The molecule has 0 saturated carbocycles. The molecule has 142 valence electrons. The van der Waals surface area contributed by atoms with Gasteiger partial charge in [0.2, 0.25) is 0 Å². The first-order valence-electron chi connectivity index (χ1n) is 8.84. The lowest BCUT2D eigenvalue weighted by Gasteiger charge is -2.62. The number of likely N-dealkylation sites (tertiary alicyclic amines) is 1. The molecule has 0 atom stereocenters. The summed E-state index contributed by atoms with van der Waals surface area (Å²) in [5, 5.41) is 0. The number of ether oxygens (including phenoxy) is 1. The summed E-state index contributed by atoms with van der Waals surface area (Å²) < 4.78 is 46.0. The fourth-order valence-corrected chi connectivity index (χ4v) is 5.38. The van der Waals surface area contributed by atoms with Gasteiger partial charge in [0, 0.05) is 55.7 Å². The molecule has 0 radical (unpaired) electrons. The lowest BCUT2D eigenvalue weighted by Crippen LogP contribution is -2.72. The molecule has 4 rings (SSSR count). The standard InChI is InChI=1S/C18H22F3N3OS/c1-2-14-15(3-4-16(22-14)18(19,20)21)26-24-11-17(12-24)9-23(10-17)13-5-7-25-8-6-13/h2-4,13H,1,5-12H2. The van der Waals surface area contributed by atoms with Gasteiger partial charge in [-0.3, -0.25) is 4.90 Å². The highest BCUT2D eigenvalue weighted by Crippen LogP contribution is 2.46. The summed E-state index contributed by atoms with van der Waals surface area (Å²) >= 11 is 1.48. The number of pyridine rings is 1. The van der Waals surface area contributed by atoms with E-state index in [0.29, 0.717) is 17.2 Å². The van der Waals surface area contributed by atoms with Crippen molar-refractivity contribution in [2.24, 2.45) is 5.41 Å². The molecule has 1 spiro atoms. The molecule has 0 N–H and O–H groups in total. The predicted octanol–water partition coefficient (Wildman–Crippen LogP) is 3.55. The lowest BCUT2D eigenvalue weighted by atomic mass is 9.73. The second kappa shape index (κ2) is 6.82. The van der Waals surface area contributed by atoms with Gasteiger partial charge in [0.25, 0.3) is 0 Å². The van der Waals surface area contributed by atoms with Gasteiger partial charge in [0.15, 0.2) is 0 Å². The van der Waals surface area contributed by atoms with Crippen molar-refractivity contribution in [1.82, 2.24) is 14.2 Å². The molecule has 8 heteroatoms. The van der Waals surface area contributed by atoms with Crippen molar-refractivity contribution in [1.29, 1.82) is 0 Å². The Morgan fingerprint density at radius 3 is 2.50 bits per heavy atom. The smallest absolute Gasteiger partial charge is 0.381 e. The van der Waals surface area contributed by atoms with Crippen LogP contribution in [0.2, 0.25) is 0 Å². The van der Waals surface area contributed by atoms with E-state index in [2.05, 4.69) is 20.8 Å². The summed E-state index contributed by atoms with van der Waals surface area (Å²) in [6, 6.07) is 3.20. The van der Waals surface area contributed by atoms with Crippen LogP contribution in [0.3, 0.4) is 0 Å². The van der Waals surface area contributed by atoms with E-state index in [4.69, 9.17) is 4.74 Å². The van der Waals surface area contributed by atoms with E-state index < -0.39 is 11.9 Å². The Kier molecular flexibility index (Phi) is 4.79. The molecule has 0 aromatic carbocycles. The number of nitrogens with zero attached hydrogens (tertiary/aromatic N) is 3. The molecule has 0 amide bonds. The van der Waals surface area contributed by atoms with Crippen LogP contribution < -0.4 is 0 Å². The third-order valence-corrected chi connectivity index (χ3v) is 6.46. The second-order valence-electron chi connectivity index (χ2n) is 7.42. The number of hydrogen-bond acceptors (Lipinski definition) is 5. The summed E-state index contributed by atoms with van der Waals surface area (Å²) in [7, 11) is 0. The maximum absolute atomic E-state index is 12.8. The summed E-state index contributed by atoms with van der Waals surface area (Å²) in [6.07, 6.45) is -0.798. The summed E-state index contributed by atoms with van der Waals surface area (Å²) in [5.74, 6) is 0. The Morgan fingerprint density at radius 2 is 1.88 bits per heavy atom. The molecule has 26 heavy (non-hydrogen) atoms. The topological polar surface area (TPSA) is 28.6 Å². The van der Waals surface area contributed by atoms with Crippen molar-refractivity contribution in [3.8, 4) is 0 Å². The fraction of sp³-hybridized carbons (Fsp3) is 0.611. The highest BCUT2D eigenvalue weighted by Gasteiger charge is 2.53. The molecule has 1 aromatic heterocycles. The SMILES string of the molecule is C=Cc1nc(C(F)(F)F)ccc1SN1CC2(C1)CN(C1CCOCC1)C2. The molecule has 1 aromatic rings. The highest BCUT2D eigenvalue weighted by atomic mass is 32.2. The fourth-order valence-electron chi connectivity index (χ4n) is 4.07. The zero-order valence-corrected chi connectivity index (χ0v) is 15.3. The lowest BCUT2D eigenvalue weighted by molar-refractivity contribution is -0.141. The van der Waals surface area contributed by atoms with Gasteiger partial charge < -0.3 is 4.74 Å². The molecule has 0 bridgehead atoms. The Balaban J connectivity index is 1.31. The average Bonchev–Trinajstić information content (AvgIpc) is 2.55. The van der Waals surface area contributed by atoms with E-state index in [-0.39, 0.29) is 0 Å². The molecule has 0 aliphatic carbocycles. The largest absolute Gasteiger partial charge is 0.433 e. The summed E-state index contributed by atoms with van der Waals surface area (Å²) in [6.45, 7) is 9.50. The first kappa shape index (κ1) is 18.3. The minimum absolute atomic E-state index is 0.295. The van der Waals surface area contributed by atoms with Crippen LogP contribution >= 0.6 is 11.9 Å². The van der Waals surface area contributed by atoms with Gasteiger partial charge in [0.05, 0.1) is 5.69 Å². The predicted molar refractivity (Wildman–Crippen MR) is 94.6 cm³/mol. The zero-order valence-electron chi connectivity index (χ0n) is 14.5. The second-order valence-corrected chi connectivity index (χ2v) is 8.56.